The van der Waals surface area contributed by atoms with E-state index in [9.17, 15) is 9.59 Å². The number of hydrogen-bond donors (Lipinski definition) is 0. The van der Waals surface area contributed by atoms with Crippen LogP contribution in [0, 0.1) is 12.3 Å². The molecule has 0 atom stereocenters. The Kier molecular flexibility index (Phi) is 6.55. The van der Waals surface area contributed by atoms with Crippen molar-refractivity contribution in [2.75, 3.05) is 16.4 Å². The van der Waals surface area contributed by atoms with E-state index < -0.39 is 11.8 Å². The van der Waals surface area contributed by atoms with Gasteiger partial charge < -0.3 is 4.74 Å². The van der Waals surface area contributed by atoms with Gasteiger partial charge in [-0.15, -0.1) is 6.42 Å². The van der Waals surface area contributed by atoms with Crippen LogP contribution in [-0.4, -0.2) is 23.5 Å². The summed E-state index contributed by atoms with van der Waals surface area (Å²) in [5.74, 6) is 1.70. The van der Waals surface area contributed by atoms with Crippen LogP contribution in [0.5, 0.6) is 5.75 Å². The van der Waals surface area contributed by atoms with Crippen LogP contribution in [0.25, 0.3) is 6.08 Å². The summed E-state index contributed by atoms with van der Waals surface area (Å²) in [6, 6.07) is 22.7. The number of hydrogen-bond acceptors (Lipinski definition) is 4. The van der Waals surface area contributed by atoms with E-state index in [4.69, 9.17) is 35.0 Å². The third-order valence-electron chi connectivity index (χ3n) is 4.86. The molecule has 0 saturated carbocycles. The summed E-state index contributed by atoms with van der Waals surface area (Å²) in [6.07, 6.45) is 6.77. The number of para-hydroxylation sites is 2. The molecule has 0 N–H and O–H groups in total. The molecule has 1 heterocycles. The van der Waals surface area contributed by atoms with Crippen LogP contribution in [0.2, 0.25) is 5.02 Å². The fraction of sp³-hybridized carbons (Fsp3) is 0.0385. The van der Waals surface area contributed by atoms with Crippen LogP contribution in [0.3, 0.4) is 0 Å². The summed E-state index contributed by atoms with van der Waals surface area (Å²) in [5, 5.41) is 0.482. The van der Waals surface area contributed by atoms with E-state index in [0.717, 1.165) is 0 Å². The number of carbonyl (C=O) groups is 2. The largest absolute Gasteiger partial charge is 0.480 e. The van der Waals surface area contributed by atoms with Crippen molar-refractivity contribution in [1.82, 2.24) is 0 Å². The fourth-order valence-electron chi connectivity index (χ4n) is 3.38. The Balaban J connectivity index is 1.88. The lowest BCUT2D eigenvalue weighted by molar-refractivity contribution is -0.120. The highest BCUT2D eigenvalue weighted by atomic mass is 35.5. The summed E-state index contributed by atoms with van der Waals surface area (Å²) in [5.41, 5.74) is 1.44. The van der Waals surface area contributed by atoms with Crippen LogP contribution < -0.4 is 14.5 Å². The van der Waals surface area contributed by atoms with Gasteiger partial charge in [-0.1, -0.05) is 53.9 Å². The van der Waals surface area contributed by atoms with Gasteiger partial charge in [-0.3, -0.25) is 19.4 Å². The number of benzene rings is 3. The van der Waals surface area contributed by atoms with Gasteiger partial charge in [0.1, 0.15) is 17.9 Å². The van der Waals surface area contributed by atoms with Gasteiger partial charge >= 0.3 is 0 Å². The Hall–Kier alpha value is -3.92. The average molecular weight is 473 g/mol. The molecule has 0 spiro atoms. The van der Waals surface area contributed by atoms with Crippen molar-refractivity contribution in [3.05, 3.63) is 95.0 Å². The first-order valence-corrected chi connectivity index (χ1v) is 10.7. The van der Waals surface area contributed by atoms with E-state index in [1.54, 1.807) is 66.7 Å². The molecule has 162 valence electrons. The molecule has 0 aromatic heterocycles. The Morgan fingerprint density at radius 2 is 1.45 bits per heavy atom. The first-order valence-electron chi connectivity index (χ1n) is 9.91. The topological polar surface area (TPSA) is 49.9 Å². The lowest BCUT2D eigenvalue weighted by Crippen LogP contribution is -2.56. The van der Waals surface area contributed by atoms with E-state index in [2.05, 4.69) is 5.92 Å². The molecule has 0 unspecified atom stereocenters. The Morgan fingerprint density at radius 3 is 1.97 bits per heavy atom. The average Bonchev–Trinajstić information content (AvgIpc) is 2.83. The van der Waals surface area contributed by atoms with Crippen molar-refractivity contribution in [2.45, 2.75) is 0 Å². The summed E-state index contributed by atoms with van der Waals surface area (Å²) < 4.78 is 5.58. The molecule has 33 heavy (non-hydrogen) atoms. The normalized spacial score (nSPS) is 13.7. The molecule has 0 bridgehead atoms. The number of carbonyl (C=O) groups excluding carboxylic acids is 2. The maximum absolute atomic E-state index is 13.6. The summed E-state index contributed by atoms with van der Waals surface area (Å²) in [4.78, 5) is 29.8. The number of rotatable bonds is 5. The van der Waals surface area contributed by atoms with Crippen LogP contribution in [0.4, 0.5) is 11.4 Å². The smallest absolute Gasteiger partial charge is 0.270 e. The van der Waals surface area contributed by atoms with E-state index in [-0.39, 0.29) is 17.3 Å². The zero-order chi connectivity index (χ0) is 23.4. The van der Waals surface area contributed by atoms with E-state index in [1.807, 2.05) is 12.1 Å². The minimum Gasteiger partial charge on any atom is -0.480 e. The molecule has 1 saturated heterocycles. The highest BCUT2D eigenvalue weighted by Crippen LogP contribution is 2.32. The quantitative estimate of drug-likeness (QED) is 0.224. The van der Waals surface area contributed by atoms with Crippen LogP contribution >= 0.6 is 23.8 Å². The van der Waals surface area contributed by atoms with Gasteiger partial charge in [0.25, 0.3) is 11.8 Å². The third kappa shape index (κ3) is 4.51. The molecular weight excluding hydrogens is 456 g/mol. The van der Waals surface area contributed by atoms with Gasteiger partial charge in [0, 0.05) is 10.6 Å². The molecule has 1 fully saturated rings. The van der Waals surface area contributed by atoms with E-state index in [0.29, 0.717) is 27.7 Å². The Labute approximate surface area is 201 Å². The van der Waals surface area contributed by atoms with Gasteiger partial charge in [-0.2, -0.15) is 0 Å². The molecule has 4 rings (SSSR count). The SMILES string of the molecule is C#CCOc1ccc(Cl)cc1C=C1C(=O)N(c2ccccc2)C(=S)N(c2ccccc2)C1=O. The number of ether oxygens (including phenoxy) is 1. The minimum atomic E-state index is -0.550. The highest BCUT2D eigenvalue weighted by Gasteiger charge is 2.41. The van der Waals surface area contributed by atoms with Gasteiger partial charge in [0.2, 0.25) is 0 Å². The first-order chi connectivity index (χ1) is 16.0. The number of amides is 2. The summed E-state index contributed by atoms with van der Waals surface area (Å²) >= 11 is 11.8. The number of terminal acetylenes is 1. The van der Waals surface area contributed by atoms with Gasteiger partial charge in [0.05, 0.1) is 11.4 Å². The second kappa shape index (κ2) is 9.70. The Morgan fingerprint density at radius 1 is 0.909 bits per heavy atom. The van der Waals surface area contributed by atoms with E-state index >= 15 is 0 Å². The van der Waals surface area contributed by atoms with Crippen LogP contribution in [0.1, 0.15) is 5.56 Å². The van der Waals surface area contributed by atoms with Crippen LogP contribution in [0.15, 0.2) is 84.4 Å². The molecule has 0 aliphatic carbocycles. The van der Waals surface area contributed by atoms with Gasteiger partial charge in [0.15, 0.2) is 5.11 Å². The Bertz CT molecular complexity index is 1240. The van der Waals surface area contributed by atoms with Crippen molar-refractivity contribution >= 4 is 58.2 Å². The zero-order valence-corrected chi connectivity index (χ0v) is 18.8. The van der Waals surface area contributed by atoms with Crippen molar-refractivity contribution in [2.24, 2.45) is 0 Å². The standard InChI is InChI=1S/C26H17ClN2O3S/c1-2-15-32-23-14-13-19(27)16-18(23)17-22-24(30)28(20-9-5-3-6-10-20)26(33)29(25(22)31)21-11-7-4-8-12-21/h1,3-14,16-17H,15H2. The predicted molar refractivity (Wildman–Crippen MR) is 134 cm³/mol. The number of anilines is 2. The number of halogens is 1. The van der Waals surface area contributed by atoms with Crippen molar-refractivity contribution in [3.63, 3.8) is 0 Å². The molecule has 2 amide bonds. The van der Waals surface area contributed by atoms with Crippen molar-refractivity contribution in [1.29, 1.82) is 0 Å². The van der Waals surface area contributed by atoms with Crippen molar-refractivity contribution in [3.8, 4) is 18.1 Å². The third-order valence-corrected chi connectivity index (χ3v) is 5.46. The minimum absolute atomic E-state index is 0.0239. The maximum atomic E-state index is 13.6. The second-order valence-corrected chi connectivity index (χ2v) is 7.77. The molecule has 0 radical (unpaired) electrons. The second-order valence-electron chi connectivity index (χ2n) is 6.97. The molecule has 3 aromatic rings. The monoisotopic (exact) mass is 472 g/mol. The van der Waals surface area contributed by atoms with Gasteiger partial charge in [-0.25, -0.2) is 0 Å². The lowest BCUT2D eigenvalue weighted by Gasteiger charge is -2.36. The number of thiocarbonyl (C=S) groups is 1. The van der Waals surface area contributed by atoms with Crippen LogP contribution in [-0.2, 0) is 9.59 Å². The fourth-order valence-corrected chi connectivity index (χ4v) is 3.93. The lowest BCUT2D eigenvalue weighted by atomic mass is 10.0. The maximum Gasteiger partial charge on any atom is 0.270 e. The molecule has 3 aromatic carbocycles. The molecule has 5 nitrogen and oxygen atoms in total. The number of nitrogens with zero attached hydrogens (tertiary/aromatic N) is 2. The van der Waals surface area contributed by atoms with E-state index in [1.165, 1.54) is 15.9 Å². The zero-order valence-electron chi connectivity index (χ0n) is 17.3. The molecule has 1 aliphatic rings. The first kappa shape index (κ1) is 22.3. The highest BCUT2D eigenvalue weighted by molar-refractivity contribution is 7.81. The summed E-state index contributed by atoms with van der Waals surface area (Å²) in [7, 11) is 0. The molecular formula is C26H17ClN2O3S. The molecule has 7 heteroatoms. The summed E-state index contributed by atoms with van der Waals surface area (Å²) in [6.45, 7) is 0.0239. The van der Waals surface area contributed by atoms with Crippen molar-refractivity contribution < 1.29 is 14.3 Å². The van der Waals surface area contributed by atoms with Gasteiger partial charge in [-0.05, 0) is 60.8 Å². The molecule has 1 aliphatic heterocycles. The predicted octanol–water partition coefficient (Wildman–Crippen LogP) is 5.10.